The molecule has 0 aliphatic heterocycles. The highest BCUT2D eigenvalue weighted by Gasteiger charge is 2.22. The number of hydrogen-bond acceptors (Lipinski definition) is 3. The first-order valence-electron chi connectivity index (χ1n) is 6.19. The number of non-ortho nitro benzene ring substituents is 1. The zero-order valence-corrected chi connectivity index (χ0v) is 12.7. The van der Waals surface area contributed by atoms with Gasteiger partial charge in [0.2, 0.25) is 0 Å². The minimum Gasteiger partial charge on any atom is -0.350 e. The smallest absolute Gasteiger partial charge is 0.269 e. The molecule has 0 aliphatic carbocycles. The normalized spacial score (nSPS) is 13.8. The SMILES string of the molecule is CC[C@H](NC(=O)C(Cl)Cl)[C@H](C)c1ccc([N+](=O)[O-])cc1. The van der Waals surface area contributed by atoms with Crippen molar-refractivity contribution in [3.8, 4) is 0 Å². The van der Waals surface area contributed by atoms with Crippen LogP contribution in [0.3, 0.4) is 0 Å². The molecule has 7 heteroatoms. The number of alkyl halides is 2. The molecule has 20 heavy (non-hydrogen) atoms. The van der Waals surface area contributed by atoms with Crippen LogP contribution in [0.4, 0.5) is 5.69 Å². The molecule has 0 fully saturated rings. The lowest BCUT2D eigenvalue weighted by molar-refractivity contribution is -0.384. The van der Waals surface area contributed by atoms with Gasteiger partial charge < -0.3 is 5.32 Å². The van der Waals surface area contributed by atoms with Crippen molar-refractivity contribution in [1.29, 1.82) is 0 Å². The first-order chi connectivity index (χ1) is 9.36. The van der Waals surface area contributed by atoms with Gasteiger partial charge in [0.1, 0.15) is 0 Å². The molecule has 0 radical (unpaired) electrons. The van der Waals surface area contributed by atoms with Gasteiger partial charge in [-0.3, -0.25) is 14.9 Å². The molecule has 0 spiro atoms. The van der Waals surface area contributed by atoms with Crippen molar-refractivity contribution in [2.45, 2.75) is 37.1 Å². The number of nitro groups is 1. The van der Waals surface area contributed by atoms with Crippen LogP contribution in [0.15, 0.2) is 24.3 Å². The van der Waals surface area contributed by atoms with Crippen molar-refractivity contribution < 1.29 is 9.72 Å². The third-order valence-electron chi connectivity index (χ3n) is 3.20. The summed E-state index contributed by atoms with van der Waals surface area (Å²) in [6, 6.07) is 6.15. The second-order valence-corrected chi connectivity index (χ2v) is 5.56. The van der Waals surface area contributed by atoms with Crippen LogP contribution in [0.1, 0.15) is 31.7 Å². The molecule has 0 aromatic heterocycles. The molecule has 1 aromatic rings. The van der Waals surface area contributed by atoms with Crippen LogP contribution in [-0.4, -0.2) is 21.7 Å². The highest BCUT2D eigenvalue weighted by Crippen LogP contribution is 2.24. The molecule has 5 nitrogen and oxygen atoms in total. The fourth-order valence-corrected chi connectivity index (χ4v) is 2.08. The summed E-state index contributed by atoms with van der Waals surface area (Å²) in [7, 11) is 0. The lowest BCUT2D eigenvalue weighted by atomic mass is 9.91. The Morgan fingerprint density at radius 2 is 1.90 bits per heavy atom. The monoisotopic (exact) mass is 318 g/mol. The summed E-state index contributed by atoms with van der Waals surface area (Å²) in [5.74, 6) is -0.439. The van der Waals surface area contributed by atoms with Gasteiger partial charge in [-0.1, -0.05) is 49.2 Å². The highest BCUT2D eigenvalue weighted by atomic mass is 35.5. The molecule has 1 amide bonds. The lowest BCUT2D eigenvalue weighted by Crippen LogP contribution is -2.40. The number of hydrogen-bond donors (Lipinski definition) is 1. The molecule has 0 saturated heterocycles. The topological polar surface area (TPSA) is 72.2 Å². The molecule has 1 aromatic carbocycles. The van der Waals surface area contributed by atoms with Gasteiger partial charge in [-0.05, 0) is 12.0 Å². The van der Waals surface area contributed by atoms with E-state index in [0.717, 1.165) is 5.56 Å². The zero-order valence-electron chi connectivity index (χ0n) is 11.2. The van der Waals surface area contributed by atoms with Crippen LogP contribution in [0.5, 0.6) is 0 Å². The Kier molecular flexibility index (Phi) is 6.23. The fourth-order valence-electron chi connectivity index (χ4n) is 1.96. The fraction of sp³-hybridized carbons (Fsp3) is 0.462. The number of rotatable bonds is 6. The van der Waals surface area contributed by atoms with E-state index < -0.39 is 15.7 Å². The molecule has 110 valence electrons. The Hall–Kier alpha value is -1.33. The van der Waals surface area contributed by atoms with Crippen LogP contribution >= 0.6 is 23.2 Å². The summed E-state index contributed by atoms with van der Waals surface area (Å²) in [6.07, 6.45) is 0.699. The van der Waals surface area contributed by atoms with Crippen LogP contribution < -0.4 is 5.32 Å². The Morgan fingerprint density at radius 3 is 2.30 bits per heavy atom. The van der Waals surface area contributed by atoms with E-state index in [1.807, 2.05) is 13.8 Å². The van der Waals surface area contributed by atoms with Crippen molar-refractivity contribution in [2.75, 3.05) is 0 Å². The number of nitrogens with one attached hydrogen (secondary N) is 1. The number of carbonyl (C=O) groups excluding carboxylic acids is 1. The van der Waals surface area contributed by atoms with E-state index in [9.17, 15) is 14.9 Å². The number of halogens is 2. The molecule has 1 N–H and O–H groups in total. The second kappa shape index (κ2) is 7.45. The molecular weight excluding hydrogens is 303 g/mol. The van der Waals surface area contributed by atoms with Gasteiger partial charge in [0.05, 0.1) is 4.92 Å². The first kappa shape index (κ1) is 16.7. The van der Waals surface area contributed by atoms with Crippen molar-refractivity contribution in [2.24, 2.45) is 0 Å². The standard InChI is InChI=1S/C13H16Cl2N2O3/c1-3-11(16-13(18)12(14)15)8(2)9-4-6-10(7-5-9)17(19)20/h4-8,11-12H,3H2,1-2H3,(H,16,18)/t8-,11+/m1/s1. The van der Waals surface area contributed by atoms with E-state index in [0.29, 0.717) is 6.42 Å². The average molecular weight is 319 g/mol. The zero-order chi connectivity index (χ0) is 15.3. The molecule has 0 saturated carbocycles. The first-order valence-corrected chi connectivity index (χ1v) is 7.07. The van der Waals surface area contributed by atoms with Crippen LogP contribution in [0.25, 0.3) is 0 Å². The quantitative estimate of drug-likeness (QED) is 0.496. The van der Waals surface area contributed by atoms with E-state index in [-0.39, 0.29) is 17.6 Å². The number of benzene rings is 1. The van der Waals surface area contributed by atoms with Crippen LogP contribution in [0, 0.1) is 10.1 Å². The van der Waals surface area contributed by atoms with Gasteiger partial charge in [-0.2, -0.15) is 0 Å². The average Bonchev–Trinajstić information content (AvgIpc) is 2.43. The van der Waals surface area contributed by atoms with E-state index in [1.54, 1.807) is 12.1 Å². The third-order valence-corrected chi connectivity index (χ3v) is 3.60. The Morgan fingerprint density at radius 1 is 1.35 bits per heavy atom. The molecular formula is C13H16Cl2N2O3. The molecule has 0 unspecified atom stereocenters. The van der Waals surface area contributed by atoms with Gasteiger partial charge in [0, 0.05) is 24.1 Å². The number of nitro benzene ring substituents is 1. The molecule has 0 aliphatic rings. The second-order valence-electron chi connectivity index (χ2n) is 4.46. The summed E-state index contributed by atoms with van der Waals surface area (Å²) in [5, 5.41) is 13.4. The van der Waals surface area contributed by atoms with Crippen molar-refractivity contribution in [1.82, 2.24) is 5.32 Å². The minimum atomic E-state index is -1.10. The lowest BCUT2D eigenvalue weighted by Gasteiger charge is -2.24. The third kappa shape index (κ3) is 4.35. The van der Waals surface area contributed by atoms with Crippen molar-refractivity contribution in [3.05, 3.63) is 39.9 Å². The van der Waals surface area contributed by atoms with Crippen LogP contribution in [-0.2, 0) is 4.79 Å². The predicted octanol–water partition coefficient (Wildman–Crippen LogP) is 3.40. The maximum atomic E-state index is 11.5. The summed E-state index contributed by atoms with van der Waals surface area (Å²) >= 11 is 11.0. The van der Waals surface area contributed by atoms with E-state index >= 15 is 0 Å². The van der Waals surface area contributed by atoms with E-state index in [1.165, 1.54) is 12.1 Å². The molecule has 2 atom stereocenters. The summed E-state index contributed by atoms with van der Waals surface area (Å²) in [4.78, 5) is 20.6. The molecule has 0 heterocycles. The largest absolute Gasteiger partial charge is 0.350 e. The van der Waals surface area contributed by atoms with Crippen molar-refractivity contribution >= 4 is 34.8 Å². The maximum Gasteiger partial charge on any atom is 0.269 e. The Bertz CT molecular complexity index is 477. The maximum absolute atomic E-state index is 11.5. The van der Waals surface area contributed by atoms with Crippen LogP contribution in [0.2, 0.25) is 0 Å². The van der Waals surface area contributed by atoms with Gasteiger partial charge in [-0.15, -0.1) is 0 Å². The van der Waals surface area contributed by atoms with Gasteiger partial charge in [-0.25, -0.2) is 0 Å². The van der Waals surface area contributed by atoms with Crippen molar-refractivity contribution in [3.63, 3.8) is 0 Å². The summed E-state index contributed by atoms with van der Waals surface area (Å²) in [5.41, 5.74) is 0.947. The summed E-state index contributed by atoms with van der Waals surface area (Å²) < 4.78 is 0. The Balaban J connectivity index is 2.82. The number of nitrogens with zero attached hydrogens (tertiary/aromatic N) is 1. The number of carbonyl (C=O) groups is 1. The van der Waals surface area contributed by atoms with Gasteiger partial charge in [0.25, 0.3) is 11.6 Å². The number of amides is 1. The minimum absolute atomic E-state index is 0.00293. The van der Waals surface area contributed by atoms with E-state index in [4.69, 9.17) is 23.2 Å². The predicted molar refractivity (Wildman–Crippen MR) is 79.2 cm³/mol. The van der Waals surface area contributed by atoms with E-state index in [2.05, 4.69) is 5.32 Å². The van der Waals surface area contributed by atoms with Gasteiger partial charge in [0.15, 0.2) is 4.84 Å². The Labute approximate surface area is 127 Å². The molecule has 0 bridgehead atoms. The highest BCUT2D eigenvalue weighted by molar-refractivity contribution is 6.53. The summed E-state index contributed by atoms with van der Waals surface area (Å²) in [6.45, 7) is 3.87. The van der Waals surface area contributed by atoms with Gasteiger partial charge >= 0.3 is 0 Å². The molecule has 1 rings (SSSR count).